The average Bonchev–Trinajstić information content (AvgIpc) is 2.57. The minimum absolute atomic E-state index is 0.752. The van der Waals surface area contributed by atoms with Crippen molar-refractivity contribution in [2.45, 2.75) is 33.7 Å². The van der Waals surface area contributed by atoms with Crippen molar-refractivity contribution in [2.24, 2.45) is 0 Å². The molecule has 0 aliphatic carbocycles. The van der Waals surface area contributed by atoms with E-state index in [4.69, 9.17) is 5.73 Å². The number of nitrogens with two attached hydrogens (primary N) is 1. The molecule has 0 radical (unpaired) electrons. The molecule has 4 heteroatoms. The predicted molar refractivity (Wildman–Crippen MR) is 69.6 cm³/mol. The molecule has 2 rings (SSSR count). The van der Waals surface area contributed by atoms with E-state index < -0.39 is 0 Å². The van der Waals surface area contributed by atoms with Crippen molar-refractivity contribution in [3.8, 4) is 11.1 Å². The molecule has 2 N–H and O–H groups in total. The molecular formula is C13H18N4. The van der Waals surface area contributed by atoms with Gasteiger partial charge in [0, 0.05) is 41.4 Å². The van der Waals surface area contributed by atoms with Crippen molar-refractivity contribution in [2.75, 3.05) is 5.73 Å². The van der Waals surface area contributed by atoms with Gasteiger partial charge in [-0.3, -0.25) is 9.67 Å². The maximum absolute atomic E-state index is 6.00. The lowest BCUT2D eigenvalue weighted by Gasteiger charge is -2.06. The molecule has 2 heterocycles. The van der Waals surface area contributed by atoms with Crippen molar-refractivity contribution in [3.63, 3.8) is 0 Å². The standard InChI is InChI=1S/C13H18N4/c1-4-7-17-10(3)13(9(2)16-17)11-8-15-6-5-12(11)14/h5-6,8H,4,7H2,1-3H3,(H2,14,15). The van der Waals surface area contributed by atoms with Crippen molar-refractivity contribution in [3.05, 3.63) is 29.8 Å². The first-order valence-corrected chi connectivity index (χ1v) is 5.89. The van der Waals surface area contributed by atoms with Gasteiger partial charge in [0.05, 0.1) is 5.69 Å². The Hall–Kier alpha value is -1.84. The van der Waals surface area contributed by atoms with Gasteiger partial charge in [-0.15, -0.1) is 0 Å². The van der Waals surface area contributed by atoms with Crippen molar-refractivity contribution in [1.82, 2.24) is 14.8 Å². The van der Waals surface area contributed by atoms with Gasteiger partial charge in [-0.25, -0.2) is 0 Å². The van der Waals surface area contributed by atoms with Gasteiger partial charge in [0.1, 0.15) is 0 Å². The van der Waals surface area contributed by atoms with Gasteiger partial charge in [-0.2, -0.15) is 5.10 Å². The lowest BCUT2D eigenvalue weighted by molar-refractivity contribution is 0.583. The monoisotopic (exact) mass is 230 g/mol. The molecule has 0 bridgehead atoms. The molecule has 0 spiro atoms. The van der Waals surface area contributed by atoms with E-state index in [0.717, 1.165) is 41.2 Å². The van der Waals surface area contributed by atoms with E-state index in [1.54, 1.807) is 6.20 Å². The first kappa shape index (κ1) is 11.6. The van der Waals surface area contributed by atoms with E-state index in [9.17, 15) is 0 Å². The largest absolute Gasteiger partial charge is 0.398 e. The fourth-order valence-electron chi connectivity index (χ4n) is 2.13. The maximum Gasteiger partial charge on any atom is 0.0676 e. The van der Waals surface area contributed by atoms with Crippen LogP contribution in [0.4, 0.5) is 5.69 Å². The smallest absolute Gasteiger partial charge is 0.0676 e. The van der Waals surface area contributed by atoms with Crippen LogP contribution >= 0.6 is 0 Å². The van der Waals surface area contributed by atoms with Gasteiger partial charge in [0.25, 0.3) is 0 Å². The topological polar surface area (TPSA) is 56.7 Å². The van der Waals surface area contributed by atoms with Crippen LogP contribution in [0, 0.1) is 13.8 Å². The molecule has 90 valence electrons. The van der Waals surface area contributed by atoms with Gasteiger partial charge >= 0.3 is 0 Å². The van der Waals surface area contributed by atoms with Crippen LogP contribution in [0.5, 0.6) is 0 Å². The van der Waals surface area contributed by atoms with E-state index in [-0.39, 0.29) is 0 Å². The Balaban J connectivity index is 2.56. The SMILES string of the molecule is CCCn1nc(C)c(-c2cnccc2N)c1C. The Morgan fingerprint density at radius 2 is 2.12 bits per heavy atom. The summed E-state index contributed by atoms with van der Waals surface area (Å²) < 4.78 is 2.04. The highest BCUT2D eigenvalue weighted by molar-refractivity contribution is 5.78. The van der Waals surface area contributed by atoms with Crippen LogP contribution in [0.25, 0.3) is 11.1 Å². The molecule has 0 fully saturated rings. The fraction of sp³-hybridized carbons (Fsp3) is 0.385. The average molecular weight is 230 g/mol. The summed E-state index contributed by atoms with van der Waals surface area (Å²) in [7, 11) is 0. The zero-order valence-electron chi connectivity index (χ0n) is 10.6. The van der Waals surface area contributed by atoms with Gasteiger partial charge in [0.2, 0.25) is 0 Å². The number of aryl methyl sites for hydroxylation is 2. The minimum Gasteiger partial charge on any atom is -0.398 e. The Morgan fingerprint density at radius 3 is 2.76 bits per heavy atom. The first-order chi connectivity index (χ1) is 8.15. The molecule has 17 heavy (non-hydrogen) atoms. The highest BCUT2D eigenvalue weighted by Gasteiger charge is 2.14. The number of hydrogen-bond donors (Lipinski definition) is 1. The fourth-order valence-corrected chi connectivity index (χ4v) is 2.13. The lowest BCUT2D eigenvalue weighted by Crippen LogP contribution is -2.01. The van der Waals surface area contributed by atoms with Crippen LogP contribution < -0.4 is 5.73 Å². The van der Waals surface area contributed by atoms with Crippen LogP contribution in [0.3, 0.4) is 0 Å². The van der Waals surface area contributed by atoms with Crippen molar-refractivity contribution in [1.29, 1.82) is 0 Å². The molecule has 0 unspecified atom stereocenters. The van der Waals surface area contributed by atoms with Crippen LogP contribution in [0.1, 0.15) is 24.7 Å². The van der Waals surface area contributed by atoms with E-state index in [0.29, 0.717) is 0 Å². The molecule has 0 aliphatic heterocycles. The molecular weight excluding hydrogens is 212 g/mol. The zero-order valence-corrected chi connectivity index (χ0v) is 10.6. The van der Waals surface area contributed by atoms with E-state index in [2.05, 4.69) is 23.9 Å². The normalized spacial score (nSPS) is 10.8. The number of nitrogen functional groups attached to an aromatic ring is 1. The summed E-state index contributed by atoms with van der Waals surface area (Å²) >= 11 is 0. The molecule has 0 saturated heterocycles. The number of aromatic nitrogens is 3. The van der Waals surface area contributed by atoms with Gasteiger partial charge in [-0.1, -0.05) is 6.92 Å². The second-order valence-electron chi connectivity index (χ2n) is 4.23. The van der Waals surface area contributed by atoms with Gasteiger partial charge in [0.15, 0.2) is 0 Å². The van der Waals surface area contributed by atoms with Crippen molar-refractivity contribution < 1.29 is 0 Å². The summed E-state index contributed by atoms with van der Waals surface area (Å²) in [6.07, 6.45) is 4.59. The third-order valence-corrected chi connectivity index (χ3v) is 2.94. The Kier molecular flexibility index (Phi) is 3.13. The van der Waals surface area contributed by atoms with Crippen LogP contribution in [0.15, 0.2) is 18.5 Å². The second kappa shape index (κ2) is 4.57. The molecule has 4 nitrogen and oxygen atoms in total. The summed E-state index contributed by atoms with van der Waals surface area (Å²) in [5.74, 6) is 0. The molecule has 2 aromatic rings. The summed E-state index contributed by atoms with van der Waals surface area (Å²) in [4.78, 5) is 4.14. The summed E-state index contributed by atoms with van der Waals surface area (Å²) in [5, 5.41) is 4.55. The molecule has 0 aliphatic rings. The third kappa shape index (κ3) is 2.02. The van der Waals surface area contributed by atoms with Crippen LogP contribution in [-0.2, 0) is 6.54 Å². The summed E-state index contributed by atoms with van der Waals surface area (Å²) in [6.45, 7) is 7.18. The Morgan fingerprint density at radius 1 is 1.35 bits per heavy atom. The summed E-state index contributed by atoms with van der Waals surface area (Å²) in [6, 6.07) is 1.82. The molecule has 0 amide bonds. The second-order valence-corrected chi connectivity index (χ2v) is 4.23. The summed E-state index contributed by atoms with van der Waals surface area (Å²) in [5.41, 5.74) is 11.0. The molecule has 2 aromatic heterocycles. The third-order valence-electron chi connectivity index (χ3n) is 2.94. The predicted octanol–water partition coefficient (Wildman–Crippen LogP) is 2.55. The van der Waals surface area contributed by atoms with E-state index >= 15 is 0 Å². The van der Waals surface area contributed by atoms with Gasteiger partial charge < -0.3 is 5.73 Å². The number of pyridine rings is 1. The Labute approximate surface area is 101 Å². The van der Waals surface area contributed by atoms with Crippen molar-refractivity contribution >= 4 is 5.69 Å². The highest BCUT2D eigenvalue weighted by Crippen LogP contribution is 2.30. The minimum atomic E-state index is 0.752. The number of hydrogen-bond acceptors (Lipinski definition) is 3. The zero-order chi connectivity index (χ0) is 12.4. The molecule has 0 saturated carbocycles. The lowest BCUT2D eigenvalue weighted by atomic mass is 10.0. The Bertz CT molecular complexity index is 528. The van der Waals surface area contributed by atoms with E-state index in [1.807, 2.05) is 23.9 Å². The van der Waals surface area contributed by atoms with Gasteiger partial charge in [-0.05, 0) is 26.3 Å². The number of nitrogens with zero attached hydrogens (tertiary/aromatic N) is 3. The molecule has 0 aromatic carbocycles. The van der Waals surface area contributed by atoms with Crippen LogP contribution in [0.2, 0.25) is 0 Å². The van der Waals surface area contributed by atoms with Crippen LogP contribution in [-0.4, -0.2) is 14.8 Å². The number of rotatable bonds is 3. The number of anilines is 1. The van der Waals surface area contributed by atoms with E-state index in [1.165, 1.54) is 0 Å². The molecule has 0 atom stereocenters. The highest BCUT2D eigenvalue weighted by atomic mass is 15.3. The first-order valence-electron chi connectivity index (χ1n) is 5.89. The maximum atomic E-state index is 6.00. The quantitative estimate of drug-likeness (QED) is 0.881.